The fourth-order valence-electron chi connectivity index (χ4n) is 1.78. The van der Waals surface area contributed by atoms with E-state index in [2.05, 4.69) is 10.1 Å². The quantitative estimate of drug-likeness (QED) is 0.856. The molecule has 1 atom stereocenters. The number of rotatable bonds is 4. The first-order chi connectivity index (χ1) is 8.95. The number of benzene rings is 1. The van der Waals surface area contributed by atoms with Crippen LogP contribution in [0.1, 0.15) is 44.2 Å². The first-order valence-corrected chi connectivity index (χ1v) is 6.18. The van der Waals surface area contributed by atoms with Crippen LogP contribution < -0.4 is 5.73 Å². The van der Waals surface area contributed by atoms with Gasteiger partial charge in [-0.25, -0.2) is 0 Å². The number of nitrogen functional groups attached to an aromatic ring is 1. The van der Waals surface area contributed by atoms with Crippen molar-refractivity contribution in [1.82, 2.24) is 10.1 Å². The summed E-state index contributed by atoms with van der Waals surface area (Å²) < 4.78 is 10.5. The van der Waals surface area contributed by atoms with Crippen LogP contribution in [0.4, 0.5) is 5.69 Å². The van der Waals surface area contributed by atoms with Crippen LogP contribution in [0, 0.1) is 0 Å². The lowest BCUT2D eigenvalue weighted by molar-refractivity contribution is 0.109. The molecule has 5 heteroatoms. The van der Waals surface area contributed by atoms with Crippen LogP contribution >= 0.6 is 0 Å². The van der Waals surface area contributed by atoms with Crippen molar-refractivity contribution in [3.05, 3.63) is 41.5 Å². The van der Waals surface area contributed by atoms with Crippen LogP contribution in [-0.2, 0) is 10.2 Å². The van der Waals surface area contributed by atoms with Gasteiger partial charge >= 0.3 is 0 Å². The third-order valence-electron chi connectivity index (χ3n) is 3.33. The van der Waals surface area contributed by atoms with Crippen molar-refractivity contribution in [1.29, 1.82) is 0 Å². The molecule has 102 valence electrons. The number of nitrogens with zero attached hydrogens (tertiary/aromatic N) is 2. The monoisotopic (exact) mass is 261 g/mol. The molecule has 2 aromatic rings. The Bertz CT molecular complexity index is 546. The van der Waals surface area contributed by atoms with Gasteiger partial charge in [-0.05, 0) is 38.5 Å². The van der Waals surface area contributed by atoms with Gasteiger partial charge in [0.1, 0.15) is 6.10 Å². The van der Waals surface area contributed by atoms with Crippen molar-refractivity contribution in [3.63, 3.8) is 0 Å². The van der Waals surface area contributed by atoms with Gasteiger partial charge in [0.2, 0.25) is 5.89 Å². The lowest BCUT2D eigenvalue weighted by Crippen LogP contribution is -2.19. The van der Waals surface area contributed by atoms with E-state index < -0.39 is 0 Å². The van der Waals surface area contributed by atoms with Crippen molar-refractivity contribution < 1.29 is 9.26 Å². The molecule has 0 saturated heterocycles. The van der Waals surface area contributed by atoms with E-state index >= 15 is 0 Å². The number of aromatic nitrogens is 2. The number of anilines is 1. The van der Waals surface area contributed by atoms with Gasteiger partial charge in [-0.3, -0.25) is 0 Å². The van der Waals surface area contributed by atoms with E-state index in [1.165, 1.54) is 0 Å². The van der Waals surface area contributed by atoms with Crippen molar-refractivity contribution >= 4 is 5.69 Å². The summed E-state index contributed by atoms with van der Waals surface area (Å²) in [5.41, 5.74) is 7.14. The van der Waals surface area contributed by atoms with Gasteiger partial charge in [0, 0.05) is 12.8 Å². The summed E-state index contributed by atoms with van der Waals surface area (Å²) in [5, 5.41) is 3.96. The maximum Gasteiger partial charge on any atom is 0.236 e. The maximum atomic E-state index is 5.70. The maximum absolute atomic E-state index is 5.70. The zero-order valence-electron chi connectivity index (χ0n) is 11.7. The van der Waals surface area contributed by atoms with E-state index in [1.807, 2.05) is 45.0 Å². The molecule has 2 rings (SSSR count). The standard InChI is InChI=1S/C14H19N3O2/c1-9(18-4)12-16-13(19-17-12)14(2,3)10-5-7-11(15)8-6-10/h5-9H,15H2,1-4H3. The molecule has 0 spiro atoms. The SMILES string of the molecule is COC(C)c1noc(C(C)(C)c2ccc(N)cc2)n1. The van der Waals surface area contributed by atoms with Gasteiger partial charge in [0.25, 0.3) is 0 Å². The van der Waals surface area contributed by atoms with Gasteiger partial charge in [-0.15, -0.1) is 0 Å². The Morgan fingerprint density at radius 3 is 2.47 bits per heavy atom. The molecule has 1 aromatic heterocycles. The second-order valence-corrected chi connectivity index (χ2v) is 5.08. The number of hydrogen-bond acceptors (Lipinski definition) is 5. The summed E-state index contributed by atoms with van der Waals surface area (Å²) in [7, 11) is 1.62. The Morgan fingerprint density at radius 1 is 1.26 bits per heavy atom. The molecule has 1 aromatic carbocycles. The van der Waals surface area contributed by atoms with Crippen molar-refractivity contribution in [2.24, 2.45) is 0 Å². The predicted octanol–water partition coefficient (Wildman–Crippen LogP) is 2.69. The van der Waals surface area contributed by atoms with Gasteiger partial charge in [0.15, 0.2) is 5.82 Å². The smallest absolute Gasteiger partial charge is 0.236 e. The van der Waals surface area contributed by atoms with Crippen LogP contribution in [0.15, 0.2) is 28.8 Å². The lowest BCUT2D eigenvalue weighted by atomic mass is 9.84. The first kappa shape index (κ1) is 13.5. The normalized spacial score (nSPS) is 13.5. The molecule has 0 aliphatic carbocycles. The summed E-state index contributed by atoms with van der Waals surface area (Å²) in [4.78, 5) is 4.42. The molecule has 2 N–H and O–H groups in total. The van der Waals surface area contributed by atoms with E-state index in [0.717, 1.165) is 11.3 Å². The van der Waals surface area contributed by atoms with Gasteiger partial charge in [0.05, 0.1) is 5.41 Å². The summed E-state index contributed by atoms with van der Waals surface area (Å²) >= 11 is 0. The molecule has 0 aliphatic heterocycles. The van der Waals surface area contributed by atoms with Gasteiger partial charge < -0.3 is 15.0 Å². The summed E-state index contributed by atoms with van der Waals surface area (Å²) in [6.45, 7) is 5.95. The number of methoxy groups -OCH3 is 1. The molecule has 0 saturated carbocycles. The van der Waals surface area contributed by atoms with Crippen LogP contribution in [0.25, 0.3) is 0 Å². The third kappa shape index (κ3) is 2.61. The molecule has 1 heterocycles. The minimum Gasteiger partial charge on any atom is -0.399 e. The Hall–Kier alpha value is -1.88. The fraction of sp³-hybridized carbons (Fsp3) is 0.429. The average Bonchev–Trinajstić information content (AvgIpc) is 2.88. The van der Waals surface area contributed by atoms with E-state index in [1.54, 1.807) is 7.11 Å². The highest BCUT2D eigenvalue weighted by Gasteiger charge is 2.30. The number of hydrogen-bond donors (Lipinski definition) is 1. The molecule has 0 bridgehead atoms. The first-order valence-electron chi connectivity index (χ1n) is 6.18. The largest absolute Gasteiger partial charge is 0.399 e. The Balaban J connectivity index is 2.33. The van der Waals surface area contributed by atoms with Crippen LogP contribution in [-0.4, -0.2) is 17.3 Å². The lowest BCUT2D eigenvalue weighted by Gasteiger charge is -2.20. The predicted molar refractivity (Wildman–Crippen MR) is 72.7 cm³/mol. The minimum absolute atomic E-state index is 0.181. The molecule has 19 heavy (non-hydrogen) atoms. The van der Waals surface area contributed by atoms with Gasteiger partial charge in [-0.2, -0.15) is 4.98 Å². The Labute approximate surface area is 112 Å². The minimum atomic E-state index is -0.369. The van der Waals surface area contributed by atoms with Crippen molar-refractivity contribution in [3.8, 4) is 0 Å². The highest BCUT2D eigenvalue weighted by molar-refractivity contribution is 5.42. The molecule has 0 radical (unpaired) electrons. The average molecular weight is 261 g/mol. The van der Waals surface area contributed by atoms with E-state index in [4.69, 9.17) is 15.0 Å². The molecule has 1 unspecified atom stereocenters. The van der Waals surface area contributed by atoms with E-state index in [-0.39, 0.29) is 11.5 Å². The molecular weight excluding hydrogens is 242 g/mol. The van der Waals surface area contributed by atoms with Crippen molar-refractivity contribution in [2.45, 2.75) is 32.3 Å². The zero-order chi connectivity index (χ0) is 14.0. The topological polar surface area (TPSA) is 74.2 Å². The molecule has 0 aliphatic rings. The molecule has 5 nitrogen and oxygen atoms in total. The second-order valence-electron chi connectivity index (χ2n) is 5.08. The van der Waals surface area contributed by atoms with Gasteiger partial charge in [-0.1, -0.05) is 17.3 Å². The van der Waals surface area contributed by atoms with E-state index in [9.17, 15) is 0 Å². The summed E-state index contributed by atoms with van der Waals surface area (Å²) in [5.74, 6) is 1.12. The second kappa shape index (κ2) is 5.01. The highest BCUT2D eigenvalue weighted by atomic mass is 16.5. The number of ether oxygens (including phenoxy) is 1. The number of nitrogens with two attached hydrogens (primary N) is 1. The zero-order valence-corrected chi connectivity index (χ0v) is 11.7. The summed E-state index contributed by atoms with van der Waals surface area (Å²) in [6, 6.07) is 7.68. The third-order valence-corrected chi connectivity index (χ3v) is 3.33. The Kier molecular flexibility index (Phi) is 3.57. The highest BCUT2D eigenvalue weighted by Crippen LogP contribution is 2.31. The van der Waals surface area contributed by atoms with Crippen LogP contribution in [0.5, 0.6) is 0 Å². The van der Waals surface area contributed by atoms with Crippen LogP contribution in [0.2, 0.25) is 0 Å². The summed E-state index contributed by atoms with van der Waals surface area (Å²) in [6.07, 6.45) is -0.181. The Morgan fingerprint density at radius 2 is 1.89 bits per heavy atom. The fourth-order valence-corrected chi connectivity index (χ4v) is 1.78. The van der Waals surface area contributed by atoms with Crippen LogP contribution in [0.3, 0.4) is 0 Å². The van der Waals surface area contributed by atoms with Crippen molar-refractivity contribution in [2.75, 3.05) is 12.8 Å². The molecule has 0 fully saturated rings. The molecular formula is C14H19N3O2. The molecule has 0 amide bonds. The van der Waals surface area contributed by atoms with E-state index in [0.29, 0.717) is 11.7 Å².